The molecule has 0 aromatic carbocycles. The molecule has 0 aliphatic heterocycles. The van der Waals surface area contributed by atoms with Crippen LogP contribution in [-0.2, 0) is 14.8 Å². The molecule has 0 bridgehead atoms. The maximum absolute atomic E-state index is 3.62. The first kappa shape index (κ1) is 7.98. The Labute approximate surface area is 67.4 Å². The predicted molar refractivity (Wildman–Crippen MR) is 35.0 cm³/mol. The molecule has 1 heterocycles. The van der Waals surface area contributed by atoms with E-state index in [9.17, 15) is 0 Å². The number of nitrogens with zero attached hydrogens (tertiary/aromatic N) is 1. The summed E-state index contributed by atoms with van der Waals surface area (Å²) in [5.74, 6) is 0. The summed E-state index contributed by atoms with van der Waals surface area (Å²) in [6.45, 7) is 0. The van der Waals surface area contributed by atoms with E-state index in [0.29, 0.717) is 0 Å². The Morgan fingerprint density at radius 1 is 1.71 bits per heavy atom. The molecule has 0 spiro atoms. The van der Waals surface area contributed by atoms with Crippen LogP contribution in [0.3, 0.4) is 0 Å². The van der Waals surface area contributed by atoms with Gasteiger partial charge in [-0.3, -0.25) is 11.3 Å². The van der Waals surface area contributed by atoms with Crippen LogP contribution < -0.4 is 0 Å². The Kier molecular flexibility index (Phi) is 7.96. The molecule has 0 radical (unpaired) electrons. The second-order valence-electron chi connectivity index (χ2n) is 0.623. The van der Waals surface area contributed by atoms with Crippen LogP contribution in [0, 0.1) is 5.51 Å². The molecule has 34 valence electrons. The second-order valence-corrected chi connectivity index (χ2v) is 1.31. The van der Waals surface area contributed by atoms with Crippen molar-refractivity contribution >= 4 is 31.1 Å². The average molecular weight is 276 g/mol. The molecule has 0 aliphatic rings. The minimum Gasteiger partial charge on any atom is -0.394 e. The molecular weight excluding hydrogens is 274 g/mol. The van der Waals surface area contributed by atoms with Crippen LogP contribution in [0.1, 0.15) is 0 Å². The SMILES string of the molecule is [Zn+][I].[c-]1nccs1. The van der Waals surface area contributed by atoms with Gasteiger partial charge in [-0.1, -0.05) is 0 Å². The number of aromatic nitrogens is 1. The van der Waals surface area contributed by atoms with E-state index in [-0.39, 0.29) is 0 Å². The predicted octanol–water partition coefficient (Wildman–Crippen LogP) is 1.83. The Hall–Kier alpha value is 0.983. The molecule has 1 aromatic rings. The molecule has 1 nitrogen and oxygen atoms in total. The van der Waals surface area contributed by atoms with Crippen molar-refractivity contribution in [2.24, 2.45) is 0 Å². The summed E-state index contributed by atoms with van der Waals surface area (Å²) in [7, 11) is 0. The normalized spacial score (nSPS) is 6.71. The number of hydrogen-bond donors (Lipinski definition) is 0. The molecule has 1 aromatic heterocycles. The van der Waals surface area contributed by atoms with Crippen molar-refractivity contribution in [3.05, 3.63) is 17.1 Å². The van der Waals surface area contributed by atoms with Crippen LogP contribution in [0.25, 0.3) is 0 Å². The summed E-state index contributed by atoms with van der Waals surface area (Å²) >= 11 is 5.10. The minimum absolute atomic E-state index is 1.34. The van der Waals surface area contributed by atoms with Crippen LogP contribution in [0.4, 0.5) is 0 Å². The monoisotopic (exact) mass is 275 g/mol. The van der Waals surface area contributed by atoms with Crippen molar-refractivity contribution in [3.8, 4) is 0 Å². The van der Waals surface area contributed by atoms with E-state index in [1.807, 2.05) is 5.38 Å². The third kappa shape index (κ3) is 4.84. The Morgan fingerprint density at radius 3 is 2.57 bits per heavy atom. The zero-order chi connectivity index (χ0) is 5.54. The van der Waals surface area contributed by atoms with Crippen LogP contribution in [0.15, 0.2) is 11.6 Å². The Bertz CT molecular complexity index is 71.4. The fraction of sp³-hybridized carbons (Fsp3) is 0. The van der Waals surface area contributed by atoms with Gasteiger partial charge in [0.05, 0.1) is 0 Å². The molecule has 4 heteroatoms. The van der Waals surface area contributed by atoms with E-state index in [4.69, 9.17) is 0 Å². The van der Waals surface area contributed by atoms with E-state index in [0.717, 1.165) is 0 Å². The number of thiazole rings is 1. The number of hydrogen-bond acceptors (Lipinski definition) is 2. The third-order valence-corrected chi connectivity index (χ3v) is 0.777. The van der Waals surface area contributed by atoms with E-state index in [1.54, 1.807) is 6.20 Å². The van der Waals surface area contributed by atoms with E-state index < -0.39 is 0 Å². The van der Waals surface area contributed by atoms with Crippen molar-refractivity contribution in [2.75, 3.05) is 0 Å². The molecule has 0 N–H and O–H groups in total. The van der Waals surface area contributed by atoms with E-state index in [1.165, 1.54) is 26.1 Å². The number of rotatable bonds is 0. The molecule has 0 fully saturated rings. The van der Waals surface area contributed by atoms with Gasteiger partial charge < -0.3 is 4.98 Å². The average Bonchev–Trinajstić information content (AvgIpc) is 2.23. The van der Waals surface area contributed by atoms with Gasteiger partial charge in [-0.15, -0.1) is 11.6 Å². The van der Waals surface area contributed by atoms with Gasteiger partial charge in [-0.2, -0.15) is 0 Å². The summed E-state index contributed by atoms with van der Waals surface area (Å²) < 4.78 is 0. The zero-order valence-electron chi connectivity index (χ0n) is 3.60. The summed E-state index contributed by atoms with van der Waals surface area (Å²) in [6, 6.07) is 0. The fourth-order valence-electron chi connectivity index (χ4n) is 0.152. The number of halogens is 1. The molecular formula is C3H2INSZn. The van der Waals surface area contributed by atoms with Crippen LogP contribution in [-0.4, -0.2) is 4.98 Å². The van der Waals surface area contributed by atoms with E-state index in [2.05, 4.69) is 30.2 Å². The minimum atomic E-state index is 1.34. The Morgan fingerprint density at radius 2 is 2.43 bits per heavy atom. The molecule has 0 saturated carbocycles. The molecule has 7 heavy (non-hydrogen) atoms. The summed E-state index contributed by atoms with van der Waals surface area (Å²) in [6.07, 6.45) is 1.71. The van der Waals surface area contributed by atoms with Gasteiger partial charge in [0.25, 0.3) is 0 Å². The van der Waals surface area contributed by atoms with Gasteiger partial charge in [0, 0.05) is 0 Å². The van der Waals surface area contributed by atoms with Gasteiger partial charge in [0.2, 0.25) is 0 Å². The van der Waals surface area contributed by atoms with Crippen molar-refractivity contribution in [3.63, 3.8) is 0 Å². The molecule has 0 amide bonds. The molecule has 0 unspecified atom stereocenters. The van der Waals surface area contributed by atoms with Crippen molar-refractivity contribution in [1.29, 1.82) is 0 Å². The van der Waals surface area contributed by atoms with Crippen LogP contribution in [0.2, 0.25) is 0 Å². The Balaban J connectivity index is 0.000000162. The molecule has 1 rings (SSSR count). The summed E-state index contributed by atoms with van der Waals surface area (Å²) in [5.41, 5.74) is 2.65. The third-order valence-electron chi connectivity index (χ3n) is 0.309. The van der Waals surface area contributed by atoms with Crippen molar-refractivity contribution in [1.82, 2.24) is 4.98 Å². The molecule has 0 aliphatic carbocycles. The standard InChI is InChI=1S/C3H2NS.HI.Zn/c1-2-5-3-4-1;;/h1-2H;1H;/q-1;;+2/p-1. The van der Waals surface area contributed by atoms with Gasteiger partial charge >= 0.3 is 34.5 Å². The summed E-state index contributed by atoms with van der Waals surface area (Å²) in [4.78, 5) is 3.62. The first-order valence-corrected chi connectivity index (χ1v) is 11.5. The maximum atomic E-state index is 3.62. The van der Waals surface area contributed by atoms with Crippen molar-refractivity contribution < 1.29 is 14.8 Å². The van der Waals surface area contributed by atoms with Gasteiger partial charge in [0.1, 0.15) is 0 Å². The van der Waals surface area contributed by atoms with Crippen molar-refractivity contribution in [2.45, 2.75) is 0 Å². The molecule has 0 saturated heterocycles. The van der Waals surface area contributed by atoms with Gasteiger partial charge in [0.15, 0.2) is 0 Å². The quantitative estimate of drug-likeness (QED) is 0.400. The topological polar surface area (TPSA) is 12.9 Å². The fourth-order valence-corrected chi connectivity index (χ4v) is 0.456. The smallest absolute Gasteiger partial charge is 0.0221 e. The maximum Gasteiger partial charge on any atom is -0.0221 e. The van der Waals surface area contributed by atoms with E-state index >= 15 is 0 Å². The van der Waals surface area contributed by atoms with Crippen LogP contribution in [0.5, 0.6) is 0 Å². The first-order valence-electron chi connectivity index (χ1n) is 1.52. The van der Waals surface area contributed by atoms with Crippen LogP contribution >= 0.6 is 31.1 Å². The molecule has 0 atom stereocenters. The second kappa shape index (κ2) is 6.98. The van der Waals surface area contributed by atoms with Gasteiger partial charge in [-0.05, 0) is 5.51 Å². The summed E-state index contributed by atoms with van der Waals surface area (Å²) in [5, 5.41) is 1.88. The largest absolute Gasteiger partial charge is 0.394 e. The van der Waals surface area contributed by atoms with Gasteiger partial charge in [-0.25, -0.2) is 0 Å². The first-order chi connectivity index (χ1) is 3.50. The zero-order valence-corrected chi connectivity index (χ0v) is 9.54.